The molecule has 8 heteroatoms. The molecule has 0 unspecified atom stereocenters. The van der Waals surface area contributed by atoms with E-state index in [9.17, 15) is 13.2 Å². The summed E-state index contributed by atoms with van der Waals surface area (Å²) in [6, 6.07) is 14.0. The third kappa shape index (κ3) is 4.20. The lowest BCUT2D eigenvalue weighted by molar-refractivity contribution is -0.115. The number of sulfone groups is 1. The Kier molecular flexibility index (Phi) is 5.41. The SMILES string of the molecule is CSc1cccc2sc(NC(=O)CCS(=O)(=O)c3ccccc3)nc12. The summed E-state index contributed by atoms with van der Waals surface area (Å²) in [6.45, 7) is 0. The maximum atomic E-state index is 12.2. The van der Waals surface area contributed by atoms with Crippen molar-refractivity contribution in [2.45, 2.75) is 16.2 Å². The predicted octanol–water partition coefficient (Wildman–Crippen LogP) is 3.82. The third-order valence-corrected chi connectivity index (χ3v) is 6.99. The van der Waals surface area contributed by atoms with Crippen molar-refractivity contribution < 1.29 is 13.2 Å². The molecule has 0 fully saturated rings. The van der Waals surface area contributed by atoms with E-state index in [2.05, 4.69) is 10.3 Å². The number of thiazole rings is 1. The molecule has 0 aliphatic rings. The van der Waals surface area contributed by atoms with Crippen LogP contribution in [0.25, 0.3) is 10.2 Å². The number of nitrogens with zero attached hydrogens (tertiary/aromatic N) is 1. The first-order valence-electron chi connectivity index (χ1n) is 7.51. The largest absolute Gasteiger partial charge is 0.302 e. The Morgan fingerprint density at radius 1 is 1.16 bits per heavy atom. The molecule has 3 aromatic rings. The number of nitrogens with one attached hydrogen (secondary N) is 1. The summed E-state index contributed by atoms with van der Waals surface area (Å²) in [5.41, 5.74) is 0.854. The summed E-state index contributed by atoms with van der Waals surface area (Å²) in [7, 11) is -3.46. The van der Waals surface area contributed by atoms with E-state index in [1.807, 2.05) is 24.5 Å². The molecule has 1 heterocycles. The fourth-order valence-electron chi connectivity index (χ4n) is 2.30. The average molecular weight is 393 g/mol. The van der Waals surface area contributed by atoms with Crippen molar-refractivity contribution in [1.82, 2.24) is 4.98 Å². The molecule has 5 nitrogen and oxygen atoms in total. The molecule has 0 aliphatic heterocycles. The maximum Gasteiger partial charge on any atom is 0.227 e. The van der Waals surface area contributed by atoms with E-state index < -0.39 is 9.84 Å². The van der Waals surface area contributed by atoms with Crippen molar-refractivity contribution in [3.63, 3.8) is 0 Å². The van der Waals surface area contributed by atoms with Gasteiger partial charge >= 0.3 is 0 Å². The van der Waals surface area contributed by atoms with Gasteiger partial charge in [0.25, 0.3) is 0 Å². The number of hydrogen-bond acceptors (Lipinski definition) is 6. The van der Waals surface area contributed by atoms with Crippen LogP contribution in [0.1, 0.15) is 6.42 Å². The number of hydrogen-bond donors (Lipinski definition) is 1. The summed E-state index contributed by atoms with van der Waals surface area (Å²) in [5.74, 6) is -0.590. The molecule has 3 rings (SSSR count). The Morgan fingerprint density at radius 2 is 1.92 bits per heavy atom. The van der Waals surface area contributed by atoms with Gasteiger partial charge in [0.05, 0.1) is 20.9 Å². The number of anilines is 1. The monoisotopic (exact) mass is 392 g/mol. The van der Waals surface area contributed by atoms with E-state index in [1.54, 1.807) is 30.0 Å². The fourth-order valence-corrected chi connectivity index (χ4v) is 5.09. The van der Waals surface area contributed by atoms with Crippen LogP contribution < -0.4 is 5.32 Å². The molecule has 0 saturated heterocycles. The van der Waals surface area contributed by atoms with E-state index in [0.29, 0.717) is 5.13 Å². The van der Waals surface area contributed by atoms with Crippen LogP contribution in [0.4, 0.5) is 5.13 Å². The number of benzene rings is 2. The van der Waals surface area contributed by atoms with Gasteiger partial charge in [0.15, 0.2) is 15.0 Å². The normalized spacial score (nSPS) is 11.6. The van der Waals surface area contributed by atoms with Gasteiger partial charge in [-0.25, -0.2) is 13.4 Å². The Morgan fingerprint density at radius 3 is 2.64 bits per heavy atom. The average Bonchev–Trinajstić information content (AvgIpc) is 3.03. The Balaban J connectivity index is 1.67. The van der Waals surface area contributed by atoms with Crippen LogP contribution in [-0.2, 0) is 14.6 Å². The summed E-state index contributed by atoms with van der Waals surface area (Å²) in [5, 5.41) is 3.19. The van der Waals surface area contributed by atoms with Crippen molar-refractivity contribution in [2.75, 3.05) is 17.3 Å². The van der Waals surface area contributed by atoms with E-state index >= 15 is 0 Å². The summed E-state index contributed by atoms with van der Waals surface area (Å²) >= 11 is 2.97. The van der Waals surface area contributed by atoms with Gasteiger partial charge in [0, 0.05) is 11.3 Å². The van der Waals surface area contributed by atoms with Gasteiger partial charge < -0.3 is 5.32 Å². The number of amides is 1. The number of carbonyl (C=O) groups is 1. The number of aromatic nitrogens is 1. The quantitative estimate of drug-likeness (QED) is 0.646. The van der Waals surface area contributed by atoms with Gasteiger partial charge in [0.2, 0.25) is 5.91 Å². The molecule has 0 atom stereocenters. The zero-order valence-corrected chi connectivity index (χ0v) is 15.9. The molecule has 1 amide bonds. The molecule has 0 aliphatic carbocycles. The van der Waals surface area contributed by atoms with Crippen molar-refractivity contribution >= 4 is 54.2 Å². The Bertz CT molecular complexity index is 998. The second-order valence-corrected chi connectivity index (χ2v) is 9.24. The van der Waals surface area contributed by atoms with E-state index in [0.717, 1.165) is 15.1 Å². The standard InChI is InChI=1S/C17H16N2O3S3/c1-23-13-8-5-9-14-16(13)19-17(24-14)18-15(20)10-11-25(21,22)12-6-3-2-4-7-12/h2-9H,10-11H2,1H3,(H,18,19,20). The van der Waals surface area contributed by atoms with E-state index in [-0.39, 0.29) is 23.0 Å². The minimum Gasteiger partial charge on any atom is -0.302 e. The molecule has 0 saturated carbocycles. The first-order chi connectivity index (χ1) is 12.0. The van der Waals surface area contributed by atoms with Gasteiger partial charge in [-0.3, -0.25) is 4.79 Å². The number of fused-ring (bicyclic) bond motifs is 1. The zero-order valence-electron chi connectivity index (χ0n) is 13.4. The van der Waals surface area contributed by atoms with Gasteiger partial charge in [-0.2, -0.15) is 0 Å². The van der Waals surface area contributed by atoms with Crippen LogP contribution in [0, 0.1) is 0 Å². The van der Waals surface area contributed by atoms with Crippen LogP contribution in [0.15, 0.2) is 58.3 Å². The lowest BCUT2D eigenvalue weighted by atomic mass is 10.3. The van der Waals surface area contributed by atoms with Crippen molar-refractivity contribution in [1.29, 1.82) is 0 Å². The molecule has 1 N–H and O–H groups in total. The highest BCUT2D eigenvalue weighted by atomic mass is 32.2. The predicted molar refractivity (Wildman–Crippen MR) is 103 cm³/mol. The van der Waals surface area contributed by atoms with Crippen molar-refractivity contribution in [3.05, 3.63) is 48.5 Å². The van der Waals surface area contributed by atoms with Crippen LogP contribution in [0.2, 0.25) is 0 Å². The molecule has 0 radical (unpaired) electrons. The highest BCUT2D eigenvalue weighted by Crippen LogP contribution is 2.32. The van der Waals surface area contributed by atoms with E-state index in [1.165, 1.54) is 23.5 Å². The van der Waals surface area contributed by atoms with Crippen LogP contribution >= 0.6 is 23.1 Å². The van der Waals surface area contributed by atoms with Gasteiger partial charge in [0.1, 0.15) is 0 Å². The highest BCUT2D eigenvalue weighted by molar-refractivity contribution is 7.98. The molecule has 25 heavy (non-hydrogen) atoms. The first-order valence-corrected chi connectivity index (χ1v) is 11.2. The summed E-state index contributed by atoms with van der Waals surface area (Å²) in [4.78, 5) is 17.8. The fraction of sp³-hybridized carbons (Fsp3) is 0.176. The molecule has 130 valence electrons. The molecule has 0 spiro atoms. The molecular weight excluding hydrogens is 376 g/mol. The lowest BCUT2D eigenvalue weighted by Gasteiger charge is -2.04. The maximum absolute atomic E-state index is 12.2. The first kappa shape index (κ1) is 17.9. The third-order valence-electron chi connectivity index (χ3n) is 3.55. The Labute approximate surface area is 154 Å². The number of carbonyl (C=O) groups excluding carboxylic acids is 1. The second-order valence-electron chi connectivity index (χ2n) is 5.26. The van der Waals surface area contributed by atoms with Crippen LogP contribution in [0.3, 0.4) is 0 Å². The number of rotatable bonds is 6. The van der Waals surface area contributed by atoms with Gasteiger partial charge in [-0.1, -0.05) is 35.6 Å². The molecule has 1 aromatic heterocycles. The van der Waals surface area contributed by atoms with Crippen LogP contribution in [0.5, 0.6) is 0 Å². The summed E-state index contributed by atoms with van der Waals surface area (Å²) < 4.78 is 25.4. The zero-order chi connectivity index (χ0) is 17.9. The molecule has 0 bridgehead atoms. The minimum atomic E-state index is -3.46. The lowest BCUT2D eigenvalue weighted by Crippen LogP contribution is -2.17. The smallest absolute Gasteiger partial charge is 0.227 e. The topological polar surface area (TPSA) is 76.1 Å². The number of thioether (sulfide) groups is 1. The Hall–Kier alpha value is -1.90. The molecular formula is C17H16N2O3S3. The van der Waals surface area contributed by atoms with Crippen molar-refractivity contribution in [2.24, 2.45) is 0 Å². The van der Waals surface area contributed by atoms with Gasteiger partial charge in [-0.15, -0.1) is 11.8 Å². The summed E-state index contributed by atoms with van der Waals surface area (Å²) in [6.07, 6.45) is 1.86. The van der Waals surface area contributed by atoms with Gasteiger partial charge in [-0.05, 0) is 30.5 Å². The minimum absolute atomic E-state index is 0.109. The van der Waals surface area contributed by atoms with Crippen LogP contribution in [-0.4, -0.2) is 31.3 Å². The van der Waals surface area contributed by atoms with E-state index in [4.69, 9.17) is 0 Å². The highest BCUT2D eigenvalue weighted by Gasteiger charge is 2.17. The molecule has 2 aromatic carbocycles. The van der Waals surface area contributed by atoms with Crippen molar-refractivity contribution in [3.8, 4) is 0 Å². The number of para-hydroxylation sites is 1. The second kappa shape index (κ2) is 7.55.